The molecule has 0 bridgehead atoms. The maximum absolute atomic E-state index is 11.8. The fourth-order valence-electron chi connectivity index (χ4n) is 3.37. The van der Waals surface area contributed by atoms with E-state index < -0.39 is 0 Å². The molecule has 9 nitrogen and oxygen atoms in total. The highest BCUT2D eigenvalue weighted by Crippen LogP contribution is 2.23. The van der Waals surface area contributed by atoms with Crippen LogP contribution in [0.1, 0.15) is 15.9 Å². The molecule has 0 unspecified atom stereocenters. The number of ether oxygens (including phenoxy) is 1. The van der Waals surface area contributed by atoms with Crippen LogP contribution in [-0.2, 0) is 6.42 Å². The average Bonchev–Trinajstić information content (AvgIpc) is 3.18. The molecule has 0 saturated heterocycles. The Morgan fingerprint density at radius 3 is 2.71 bits per heavy atom. The lowest BCUT2D eigenvalue weighted by Crippen LogP contribution is -2.18. The van der Waals surface area contributed by atoms with Crippen LogP contribution in [0.15, 0.2) is 53.6 Å². The van der Waals surface area contributed by atoms with Crippen LogP contribution in [0, 0.1) is 0 Å². The van der Waals surface area contributed by atoms with E-state index in [0.717, 1.165) is 27.9 Å². The maximum atomic E-state index is 11.8. The topological polar surface area (TPSA) is 125 Å². The number of fused-ring (bicyclic) bond motifs is 1. The molecule has 9 heteroatoms. The Morgan fingerprint density at radius 2 is 1.90 bits per heavy atom. The number of nitrogens with one attached hydrogen (secondary N) is 4. The molecular weight excluding hydrogens is 396 g/mol. The third-order valence-electron chi connectivity index (χ3n) is 4.96. The van der Waals surface area contributed by atoms with E-state index >= 15 is 0 Å². The quantitative estimate of drug-likeness (QED) is 0.365. The van der Waals surface area contributed by atoms with Gasteiger partial charge in [-0.2, -0.15) is 0 Å². The van der Waals surface area contributed by atoms with Crippen molar-refractivity contribution in [1.82, 2.24) is 25.3 Å². The van der Waals surface area contributed by atoms with Crippen LogP contribution >= 0.6 is 0 Å². The van der Waals surface area contributed by atoms with Crippen molar-refractivity contribution in [3.63, 3.8) is 0 Å². The SMILES string of the molecule is CNC(=O)c1ccc(CCNc2cc(-c3ccc4[nH]c(=O)[nH]c4c3)ncn2)c(OC)c1. The van der Waals surface area contributed by atoms with Gasteiger partial charge < -0.3 is 25.3 Å². The first kappa shape index (κ1) is 20.1. The molecule has 1 amide bonds. The number of rotatable bonds is 7. The minimum absolute atomic E-state index is 0.154. The Bertz CT molecular complexity index is 1290. The fraction of sp³-hybridized carbons (Fsp3) is 0.182. The van der Waals surface area contributed by atoms with Gasteiger partial charge in [-0.1, -0.05) is 12.1 Å². The Hall–Kier alpha value is -4.14. The van der Waals surface area contributed by atoms with E-state index in [1.165, 1.54) is 6.33 Å². The van der Waals surface area contributed by atoms with E-state index in [-0.39, 0.29) is 11.6 Å². The van der Waals surface area contributed by atoms with Crippen molar-refractivity contribution in [2.45, 2.75) is 6.42 Å². The van der Waals surface area contributed by atoms with E-state index in [4.69, 9.17) is 4.74 Å². The fourth-order valence-corrected chi connectivity index (χ4v) is 3.37. The zero-order chi connectivity index (χ0) is 21.8. The molecule has 0 fully saturated rings. The number of methoxy groups -OCH3 is 1. The monoisotopic (exact) mass is 418 g/mol. The lowest BCUT2D eigenvalue weighted by molar-refractivity contribution is 0.0962. The van der Waals surface area contributed by atoms with Crippen molar-refractivity contribution < 1.29 is 9.53 Å². The number of aromatic nitrogens is 4. The number of hydrogen-bond donors (Lipinski definition) is 4. The van der Waals surface area contributed by atoms with Crippen LogP contribution in [0.2, 0.25) is 0 Å². The molecule has 2 aromatic carbocycles. The van der Waals surface area contributed by atoms with Gasteiger partial charge in [0.05, 0.1) is 23.8 Å². The highest BCUT2D eigenvalue weighted by atomic mass is 16.5. The first-order valence-electron chi connectivity index (χ1n) is 9.74. The molecule has 0 spiro atoms. The summed E-state index contributed by atoms with van der Waals surface area (Å²) < 4.78 is 5.44. The summed E-state index contributed by atoms with van der Waals surface area (Å²) in [6, 6.07) is 12.9. The minimum atomic E-state index is -0.240. The van der Waals surface area contributed by atoms with Crippen LogP contribution in [0.5, 0.6) is 5.75 Å². The summed E-state index contributed by atoms with van der Waals surface area (Å²) in [5, 5.41) is 5.90. The van der Waals surface area contributed by atoms with Gasteiger partial charge in [0.2, 0.25) is 0 Å². The van der Waals surface area contributed by atoms with Crippen LogP contribution in [0.25, 0.3) is 22.3 Å². The number of hydrogen-bond acceptors (Lipinski definition) is 6. The number of carbonyl (C=O) groups excluding carboxylic acids is 1. The van der Waals surface area contributed by atoms with Crippen LogP contribution in [0.3, 0.4) is 0 Å². The molecule has 2 heterocycles. The summed E-state index contributed by atoms with van der Waals surface area (Å²) in [4.78, 5) is 37.4. The number of anilines is 1. The molecule has 0 aliphatic carbocycles. The Kier molecular flexibility index (Phi) is 5.65. The van der Waals surface area contributed by atoms with Gasteiger partial charge in [-0.15, -0.1) is 0 Å². The zero-order valence-electron chi connectivity index (χ0n) is 17.2. The Morgan fingerprint density at radius 1 is 1.06 bits per heavy atom. The molecule has 0 aliphatic rings. The first-order valence-corrected chi connectivity index (χ1v) is 9.74. The summed E-state index contributed by atoms with van der Waals surface area (Å²) in [6.07, 6.45) is 2.19. The second kappa shape index (κ2) is 8.70. The molecule has 2 aromatic heterocycles. The van der Waals surface area contributed by atoms with E-state index in [0.29, 0.717) is 30.1 Å². The van der Waals surface area contributed by atoms with Crippen molar-refractivity contribution >= 4 is 22.8 Å². The standard InChI is InChI=1S/C22H22N6O3/c1-23-21(29)15-4-3-13(19(10-15)31-2)7-8-24-20-11-17(25-12-26-20)14-5-6-16-18(9-14)28-22(30)27-16/h3-6,9-12H,7-8H2,1-2H3,(H,23,29)(H,24,25,26)(H2,27,28,30). The highest BCUT2D eigenvalue weighted by Gasteiger charge is 2.10. The lowest BCUT2D eigenvalue weighted by Gasteiger charge is -2.11. The van der Waals surface area contributed by atoms with E-state index in [1.54, 1.807) is 26.3 Å². The molecule has 158 valence electrons. The third-order valence-corrected chi connectivity index (χ3v) is 4.96. The summed E-state index contributed by atoms with van der Waals surface area (Å²) >= 11 is 0. The van der Waals surface area contributed by atoms with Crippen LogP contribution in [0.4, 0.5) is 5.82 Å². The zero-order valence-corrected chi connectivity index (χ0v) is 17.2. The second-order valence-corrected chi connectivity index (χ2v) is 6.91. The molecule has 0 atom stereocenters. The second-order valence-electron chi connectivity index (χ2n) is 6.91. The summed E-state index contributed by atoms with van der Waals surface area (Å²) in [6.45, 7) is 0.621. The number of nitrogens with zero attached hydrogens (tertiary/aromatic N) is 2. The van der Waals surface area contributed by atoms with Gasteiger partial charge >= 0.3 is 5.69 Å². The van der Waals surface area contributed by atoms with E-state index in [1.807, 2.05) is 30.3 Å². The van der Waals surface area contributed by atoms with Gasteiger partial charge in [-0.3, -0.25) is 4.79 Å². The first-order chi connectivity index (χ1) is 15.1. The van der Waals surface area contributed by atoms with Crippen molar-refractivity contribution in [2.24, 2.45) is 0 Å². The number of imidazole rings is 1. The smallest absolute Gasteiger partial charge is 0.323 e. The molecule has 4 rings (SSSR count). The average molecular weight is 418 g/mol. The van der Waals surface area contributed by atoms with Crippen molar-refractivity contribution in [1.29, 1.82) is 0 Å². The van der Waals surface area contributed by atoms with Crippen molar-refractivity contribution in [3.05, 3.63) is 70.4 Å². The number of benzene rings is 2. The number of amides is 1. The summed E-state index contributed by atoms with van der Waals surface area (Å²) in [5.41, 5.74) is 4.39. The molecule has 4 aromatic rings. The van der Waals surface area contributed by atoms with E-state index in [2.05, 4.69) is 30.6 Å². The number of H-pyrrole nitrogens is 2. The van der Waals surface area contributed by atoms with Gasteiger partial charge in [0.1, 0.15) is 17.9 Å². The third kappa shape index (κ3) is 4.40. The molecule has 0 saturated carbocycles. The van der Waals surface area contributed by atoms with Crippen molar-refractivity contribution in [3.8, 4) is 17.0 Å². The normalized spacial score (nSPS) is 10.8. The lowest BCUT2D eigenvalue weighted by atomic mass is 10.1. The van der Waals surface area contributed by atoms with E-state index in [9.17, 15) is 9.59 Å². The maximum Gasteiger partial charge on any atom is 0.323 e. The predicted molar refractivity (Wildman–Crippen MR) is 119 cm³/mol. The van der Waals surface area contributed by atoms with Crippen LogP contribution < -0.4 is 21.1 Å². The van der Waals surface area contributed by atoms with Gasteiger partial charge in [0.15, 0.2) is 0 Å². The van der Waals surface area contributed by atoms with Gasteiger partial charge in [0.25, 0.3) is 5.91 Å². The van der Waals surface area contributed by atoms with Gasteiger partial charge in [0, 0.05) is 30.8 Å². The Labute approximate surface area is 177 Å². The van der Waals surface area contributed by atoms with Gasteiger partial charge in [-0.05, 0) is 36.2 Å². The number of aromatic amines is 2. The highest BCUT2D eigenvalue weighted by molar-refractivity contribution is 5.94. The van der Waals surface area contributed by atoms with Crippen molar-refractivity contribution in [2.75, 3.05) is 26.0 Å². The summed E-state index contributed by atoms with van der Waals surface area (Å²) in [5.74, 6) is 1.20. The largest absolute Gasteiger partial charge is 0.496 e. The van der Waals surface area contributed by atoms with Crippen LogP contribution in [-0.4, -0.2) is 46.5 Å². The minimum Gasteiger partial charge on any atom is -0.496 e. The number of carbonyl (C=O) groups is 1. The molecule has 31 heavy (non-hydrogen) atoms. The molecule has 0 aliphatic heterocycles. The predicted octanol–water partition coefficient (Wildman–Crippen LogP) is 2.34. The summed E-state index contributed by atoms with van der Waals surface area (Å²) in [7, 11) is 3.18. The molecule has 4 N–H and O–H groups in total. The Balaban J connectivity index is 1.46. The molecule has 0 radical (unpaired) electrons. The van der Waals surface area contributed by atoms with Gasteiger partial charge in [-0.25, -0.2) is 14.8 Å². The molecular formula is C22H22N6O3.